The molecule has 0 bridgehead atoms. The fourth-order valence-corrected chi connectivity index (χ4v) is 4.09. The zero-order chi connectivity index (χ0) is 17.4. The molecule has 3 heterocycles. The summed E-state index contributed by atoms with van der Waals surface area (Å²) >= 11 is 0. The SMILES string of the molecule is Cc1nc2c(c(=O)[nH]1)CCC21CCN(C(=O)CCn2cnnn2)CC1. The van der Waals surface area contributed by atoms with Crippen molar-refractivity contribution in [3.8, 4) is 0 Å². The minimum absolute atomic E-state index is 0.000627. The molecular weight excluding hydrogens is 322 g/mol. The molecule has 0 atom stereocenters. The first-order valence-electron chi connectivity index (χ1n) is 8.66. The third-order valence-corrected chi connectivity index (χ3v) is 5.51. The highest BCUT2D eigenvalue weighted by Crippen LogP contribution is 2.44. The van der Waals surface area contributed by atoms with E-state index in [2.05, 4.69) is 25.5 Å². The highest BCUT2D eigenvalue weighted by atomic mass is 16.2. The van der Waals surface area contributed by atoms with E-state index in [4.69, 9.17) is 0 Å². The van der Waals surface area contributed by atoms with Crippen LogP contribution in [0.15, 0.2) is 11.1 Å². The van der Waals surface area contributed by atoms with Gasteiger partial charge in [0.1, 0.15) is 12.2 Å². The molecule has 132 valence electrons. The zero-order valence-electron chi connectivity index (χ0n) is 14.2. The largest absolute Gasteiger partial charge is 0.343 e. The molecule has 0 unspecified atom stereocenters. The molecule has 2 aromatic rings. The van der Waals surface area contributed by atoms with Crippen LogP contribution in [0.25, 0.3) is 0 Å². The molecule has 1 spiro atoms. The lowest BCUT2D eigenvalue weighted by molar-refractivity contribution is -0.133. The number of carbonyl (C=O) groups is 1. The molecule has 2 aliphatic rings. The zero-order valence-corrected chi connectivity index (χ0v) is 14.2. The van der Waals surface area contributed by atoms with Crippen LogP contribution in [-0.2, 0) is 23.2 Å². The Hall–Kier alpha value is -2.58. The van der Waals surface area contributed by atoms with Crippen LogP contribution in [0.4, 0.5) is 0 Å². The van der Waals surface area contributed by atoms with Crippen molar-refractivity contribution in [2.45, 2.75) is 51.0 Å². The summed E-state index contributed by atoms with van der Waals surface area (Å²) in [6, 6.07) is 0. The number of rotatable bonds is 3. The van der Waals surface area contributed by atoms with Gasteiger partial charge in [-0.05, 0) is 43.0 Å². The summed E-state index contributed by atoms with van der Waals surface area (Å²) in [5, 5.41) is 10.9. The van der Waals surface area contributed by atoms with E-state index in [1.165, 1.54) is 6.33 Å². The first-order chi connectivity index (χ1) is 12.1. The van der Waals surface area contributed by atoms with Crippen LogP contribution in [0, 0.1) is 6.92 Å². The first-order valence-corrected chi connectivity index (χ1v) is 8.66. The van der Waals surface area contributed by atoms with Crippen LogP contribution >= 0.6 is 0 Å². The number of hydrogen-bond acceptors (Lipinski definition) is 6. The minimum Gasteiger partial charge on any atom is -0.343 e. The molecule has 1 saturated heterocycles. The van der Waals surface area contributed by atoms with E-state index in [9.17, 15) is 9.59 Å². The van der Waals surface area contributed by atoms with E-state index >= 15 is 0 Å². The fourth-order valence-electron chi connectivity index (χ4n) is 4.09. The Labute approximate surface area is 144 Å². The number of aromatic amines is 1. The number of H-pyrrole nitrogens is 1. The van der Waals surface area contributed by atoms with Crippen LogP contribution in [0.2, 0.25) is 0 Å². The van der Waals surface area contributed by atoms with Crippen molar-refractivity contribution in [1.82, 2.24) is 35.1 Å². The Kier molecular flexibility index (Phi) is 3.85. The summed E-state index contributed by atoms with van der Waals surface area (Å²) < 4.78 is 1.57. The third-order valence-electron chi connectivity index (χ3n) is 5.51. The van der Waals surface area contributed by atoms with Crippen LogP contribution in [0.5, 0.6) is 0 Å². The normalized spacial score (nSPS) is 18.5. The van der Waals surface area contributed by atoms with E-state index in [0.717, 1.165) is 36.9 Å². The monoisotopic (exact) mass is 343 g/mol. The lowest BCUT2D eigenvalue weighted by atomic mass is 9.76. The van der Waals surface area contributed by atoms with Gasteiger partial charge in [-0.1, -0.05) is 0 Å². The predicted molar refractivity (Wildman–Crippen MR) is 87.8 cm³/mol. The first kappa shape index (κ1) is 15.9. The standard InChI is InChI=1S/C16H21N7O2/c1-11-18-14-12(15(25)19-11)2-4-16(14)5-8-22(9-6-16)13(24)3-7-23-10-17-20-21-23/h10H,2-9H2,1H3,(H,18,19,25). The van der Waals surface area contributed by atoms with Gasteiger partial charge >= 0.3 is 0 Å². The number of aryl methyl sites for hydroxylation is 2. The van der Waals surface area contributed by atoms with Gasteiger partial charge in [0.05, 0.1) is 12.2 Å². The molecule has 4 rings (SSSR count). The Balaban J connectivity index is 1.42. The van der Waals surface area contributed by atoms with Gasteiger partial charge in [-0.3, -0.25) is 9.59 Å². The summed E-state index contributed by atoms with van der Waals surface area (Å²) in [6.07, 6.45) is 5.38. The maximum absolute atomic E-state index is 12.4. The van der Waals surface area contributed by atoms with Gasteiger partial charge in [0.15, 0.2) is 0 Å². The summed E-state index contributed by atoms with van der Waals surface area (Å²) in [5.74, 6) is 0.795. The quantitative estimate of drug-likeness (QED) is 0.837. The average molecular weight is 343 g/mol. The van der Waals surface area contributed by atoms with Gasteiger partial charge in [-0.15, -0.1) is 5.10 Å². The average Bonchev–Trinajstić information content (AvgIpc) is 3.23. The van der Waals surface area contributed by atoms with E-state index < -0.39 is 0 Å². The molecular formula is C16H21N7O2. The second kappa shape index (κ2) is 6.05. The predicted octanol–water partition coefficient (Wildman–Crippen LogP) is -0.0385. The van der Waals surface area contributed by atoms with Crippen LogP contribution in [0.1, 0.15) is 42.8 Å². The number of piperidine rings is 1. The Morgan fingerprint density at radius 2 is 2.12 bits per heavy atom. The fraction of sp³-hybridized carbons (Fsp3) is 0.625. The van der Waals surface area contributed by atoms with Crippen molar-refractivity contribution in [2.75, 3.05) is 13.1 Å². The van der Waals surface area contributed by atoms with Gasteiger partial charge in [-0.25, -0.2) is 9.67 Å². The maximum Gasteiger partial charge on any atom is 0.254 e. The smallest absolute Gasteiger partial charge is 0.254 e. The van der Waals surface area contributed by atoms with Crippen molar-refractivity contribution in [2.24, 2.45) is 0 Å². The van der Waals surface area contributed by atoms with Crippen LogP contribution in [0.3, 0.4) is 0 Å². The Morgan fingerprint density at radius 3 is 2.84 bits per heavy atom. The summed E-state index contributed by atoms with van der Waals surface area (Å²) in [5.41, 5.74) is 1.76. The molecule has 0 radical (unpaired) electrons. The number of hydrogen-bond donors (Lipinski definition) is 1. The number of likely N-dealkylation sites (tertiary alicyclic amines) is 1. The van der Waals surface area contributed by atoms with Gasteiger partial charge in [-0.2, -0.15) is 0 Å². The lowest BCUT2D eigenvalue weighted by Crippen LogP contribution is -2.45. The van der Waals surface area contributed by atoms with E-state index in [1.807, 2.05) is 11.8 Å². The molecule has 1 aliphatic heterocycles. The number of aromatic nitrogens is 6. The molecule has 9 nitrogen and oxygen atoms in total. The Bertz CT molecular complexity index is 835. The topological polar surface area (TPSA) is 110 Å². The molecule has 0 saturated carbocycles. The number of fused-ring (bicyclic) bond motifs is 2. The number of nitrogens with zero attached hydrogens (tertiary/aromatic N) is 6. The Morgan fingerprint density at radius 1 is 1.32 bits per heavy atom. The molecule has 1 amide bonds. The maximum atomic E-state index is 12.4. The summed E-state index contributed by atoms with van der Waals surface area (Å²) in [7, 11) is 0. The third kappa shape index (κ3) is 2.83. The van der Waals surface area contributed by atoms with Gasteiger partial charge in [0.25, 0.3) is 5.56 Å². The molecule has 1 fully saturated rings. The van der Waals surface area contributed by atoms with Crippen molar-refractivity contribution in [1.29, 1.82) is 0 Å². The second-order valence-corrected chi connectivity index (χ2v) is 6.96. The minimum atomic E-state index is -0.0407. The number of tetrazole rings is 1. The molecule has 1 N–H and O–H groups in total. The molecule has 9 heteroatoms. The highest BCUT2D eigenvalue weighted by Gasteiger charge is 2.44. The molecule has 25 heavy (non-hydrogen) atoms. The second-order valence-electron chi connectivity index (χ2n) is 6.96. The highest BCUT2D eigenvalue weighted by molar-refractivity contribution is 5.76. The van der Waals surface area contributed by atoms with Crippen molar-refractivity contribution >= 4 is 5.91 Å². The van der Waals surface area contributed by atoms with Crippen LogP contribution in [-0.4, -0.2) is 54.1 Å². The number of nitrogens with one attached hydrogen (secondary N) is 1. The molecule has 1 aliphatic carbocycles. The molecule has 2 aromatic heterocycles. The summed E-state index contributed by atoms with van der Waals surface area (Å²) in [4.78, 5) is 33.9. The van der Waals surface area contributed by atoms with Crippen molar-refractivity contribution in [3.05, 3.63) is 33.8 Å². The van der Waals surface area contributed by atoms with Gasteiger partial charge in [0.2, 0.25) is 5.91 Å². The number of carbonyl (C=O) groups excluding carboxylic acids is 1. The van der Waals surface area contributed by atoms with Gasteiger partial charge in [0, 0.05) is 30.5 Å². The van der Waals surface area contributed by atoms with Crippen LogP contribution < -0.4 is 5.56 Å². The molecule has 0 aromatic carbocycles. The van der Waals surface area contributed by atoms with E-state index in [1.54, 1.807) is 4.68 Å². The summed E-state index contributed by atoms with van der Waals surface area (Å²) in [6.45, 7) is 3.74. The van der Waals surface area contributed by atoms with Crippen molar-refractivity contribution in [3.63, 3.8) is 0 Å². The van der Waals surface area contributed by atoms with Crippen molar-refractivity contribution < 1.29 is 4.79 Å². The van der Waals surface area contributed by atoms with Gasteiger partial charge < -0.3 is 9.88 Å². The lowest BCUT2D eigenvalue weighted by Gasteiger charge is -2.39. The van der Waals surface area contributed by atoms with E-state index in [0.29, 0.717) is 31.9 Å². The number of amides is 1. The van der Waals surface area contributed by atoms with E-state index in [-0.39, 0.29) is 16.9 Å².